The summed E-state index contributed by atoms with van der Waals surface area (Å²) in [5.74, 6) is 0.132. The van der Waals surface area contributed by atoms with E-state index in [1.54, 1.807) is 4.90 Å². The van der Waals surface area contributed by atoms with Crippen LogP contribution in [0.25, 0.3) is 0 Å². The summed E-state index contributed by atoms with van der Waals surface area (Å²) in [5.41, 5.74) is 2.40. The summed E-state index contributed by atoms with van der Waals surface area (Å²) in [6.07, 6.45) is 6.06. The SMILES string of the molecule is Cc1ccccc1CN(C)C(=O)CN(CCO)C1CCCCC1. The van der Waals surface area contributed by atoms with E-state index in [1.807, 2.05) is 19.2 Å². The van der Waals surface area contributed by atoms with E-state index in [4.69, 9.17) is 0 Å². The van der Waals surface area contributed by atoms with E-state index in [1.165, 1.54) is 30.4 Å². The van der Waals surface area contributed by atoms with Crippen molar-refractivity contribution in [1.82, 2.24) is 9.80 Å². The fourth-order valence-electron chi connectivity index (χ4n) is 3.39. The normalized spacial score (nSPS) is 15.8. The van der Waals surface area contributed by atoms with Gasteiger partial charge in [-0.15, -0.1) is 0 Å². The molecule has 1 N–H and O–H groups in total. The highest BCUT2D eigenvalue weighted by Gasteiger charge is 2.24. The van der Waals surface area contributed by atoms with Gasteiger partial charge in [-0.1, -0.05) is 43.5 Å². The molecule has 1 aromatic rings. The van der Waals surface area contributed by atoms with E-state index in [0.29, 0.717) is 25.7 Å². The molecule has 1 aliphatic carbocycles. The molecule has 1 aromatic carbocycles. The van der Waals surface area contributed by atoms with Gasteiger partial charge in [0.25, 0.3) is 0 Å². The van der Waals surface area contributed by atoms with Crippen molar-refractivity contribution in [3.63, 3.8) is 0 Å². The minimum absolute atomic E-state index is 0.116. The highest BCUT2D eigenvalue weighted by molar-refractivity contribution is 5.78. The number of carbonyl (C=O) groups excluding carboxylic acids is 1. The molecule has 4 heteroatoms. The van der Waals surface area contributed by atoms with Gasteiger partial charge in [-0.25, -0.2) is 0 Å². The first-order valence-corrected chi connectivity index (χ1v) is 8.75. The van der Waals surface area contributed by atoms with Crippen molar-refractivity contribution in [3.8, 4) is 0 Å². The third kappa shape index (κ3) is 5.33. The van der Waals surface area contributed by atoms with Gasteiger partial charge in [0.15, 0.2) is 0 Å². The standard InChI is InChI=1S/C19H30N2O2/c1-16-8-6-7-9-17(16)14-20(2)19(23)15-21(12-13-22)18-10-4-3-5-11-18/h6-9,18,22H,3-5,10-15H2,1-2H3. The summed E-state index contributed by atoms with van der Waals surface area (Å²) < 4.78 is 0. The van der Waals surface area contributed by atoms with Crippen LogP contribution in [0.1, 0.15) is 43.2 Å². The largest absolute Gasteiger partial charge is 0.395 e. The quantitative estimate of drug-likeness (QED) is 0.840. The van der Waals surface area contributed by atoms with Gasteiger partial charge in [-0.2, -0.15) is 0 Å². The van der Waals surface area contributed by atoms with Crippen LogP contribution in [0.3, 0.4) is 0 Å². The van der Waals surface area contributed by atoms with Gasteiger partial charge in [0.2, 0.25) is 5.91 Å². The smallest absolute Gasteiger partial charge is 0.236 e. The average Bonchev–Trinajstić information content (AvgIpc) is 2.57. The second-order valence-corrected chi connectivity index (χ2v) is 6.66. The Bertz CT molecular complexity index is 498. The zero-order chi connectivity index (χ0) is 16.7. The molecule has 0 radical (unpaired) electrons. The third-order valence-electron chi connectivity index (χ3n) is 4.91. The van der Waals surface area contributed by atoms with Gasteiger partial charge in [-0.05, 0) is 30.9 Å². The first kappa shape index (κ1) is 18.0. The van der Waals surface area contributed by atoms with Crippen LogP contribution in [0.5, 0.6) is 0 Å². The third-order valence-corrected chi connectivity index (χ3v) is 4.91. The van der Waals surface area contributed by atoms with Crippen molar-refractivity contribution in [3.05, 3.63) is 35.4 Å². The van der Waals surface area contributed by atoms with Gasteiger partial charge in [0.05, 0.1) is 13.2 Å². The van der Waals surface area contributed by atoms with Gasteiger partial charge in [0, 0.05) is 26.2 Å². The summed E-state index contributed by atoms with van der Waals surface area (Å²) in [5, 5.41) is 9.32. The molecule has 1 amide bonds. The molecule has 1 fully saturated rings. The molecule has 0 aliphatic heterocycles. The van der Waals surface area contributed by atoms with Crippen molar-refractivity contribution in [2.24, 2.45) is 0 Å². The van der Waals surface area contributed by atoms with E-state index in [0.717, 1.165) is 12.8 Å². The maximum absolute atomic E-state index is 12.6. The van der Waals surface area contributed by atoms with Crippen LogP contribution >= 0.6 is 0 Å². The van der Waals surface area contributed by atoms with Crippen LogP contribution in [-0.2, 0) is 11.3 Å². The van der Waals surface area contributed by atoms with Crippen LogP contribution in [0, 0.1) is 6.92 Å². The first-order chi connectivity index (χ1) is 11.1. The number of hydrogen-bond acceptors (Lipinski definition) is 3. The number of hydrogen-bond donors (Lipinski definition) is 1. The summed E-state index contributed by atoms with van der Waals surface area (Å²) in [6, 6.07) is 8.64. The van der Waals surface area contributed by atoms with E-state index >= 15 is 0 Å². The minimum atomic E-state index is 0.116. The monoisotopic (exact) mass is 318 g/mol. The maximum Gasteiger partial charge on any atom is 0.236 e. The molecule has 128 valence electrons. The molecule has 2 rings (SSSR count). The summed E-state index contributed by atoms with van der Waals surface area (Å²) in [6.45, 7) is 3.84. The second-order valence-electron chi connectivity index (χ2n) is 6.66. The Morgan fingerprint density at radius 3 is 2.57 bits per heavy atom. The van der Waals surface area contributed by atoms with Gasteiger partial charge in [0.1, 0.15) is 0 Å². The number of nitrogens with zero attached hydrogens (tertiary/aromatic N) is 2. The predicted octanol–water partition coefficient (Wildman–Crippen LogP) is 2.58. The van der Waals surface area contributed by atoms with Crippen molar-refractivity contribution in [1.29, 1.82) is 0 Å². The Labute approximate surface area is 140 Å². The maximum atomic E-state index is 12.6. The van der Waals surface area contributed by atoms with E-state index in [9.17, 15) is 9.90 Å². The number of aliphatic hydroxyl groups excluding tert-OH is 1. The van der Waals surface area contributed by atoms with Gasteiger partial charge < -0.3 is 10.0 Å². The van der Waals surface area contributed by atoms with Crippen LogP contribution in [0.4, 0.5) is 0 Å². The van der Waals surface area contributed by atoms with Gasteiger partial charge >= 0.3 is 0 Å². The Morgan fingerprint density at radius 1 is 1.22 bits per heavy atom. The Kier molecular flexibility index (Phi) is 7.06. The summed E-state index contributed by atoms with van der Waals surface area (Å²) in [4.78, 5) is 16.6. The lowest BCUT2D eigenvalue weighted by molar-refractivity contribution is -0.132. The Hall–Kier alpha value is -1.39. The first-order valence-electron chi connectivity index (χ1n) is 8.75. The molecule has 0 bridgehead atoms. The number of carbonyl (C=O) groups is 1. The van der Waals surface area contributed by atoms with Gasteiger partial charge in [-0.3, -0.25) is 9.69 Å². The lowest BCUT2D eigenvalue weighted by Gasteiger charge is -2.34. The number of aryl methyl sites for hydroxylation is 1. The molecular weight excluding hydrogens is 288 g/mol. The fraction of sp³-hybridized carbons (Fsp3) is 0.632. The van der Waals surface area contributed by atoms with E-state index in [2.05, 4.69) is 24.0 Å². The number of aliphatic hydroxyl groups is 1. The number of rotatable bonds is 7. The van der Waals surface area contributed by atoms with Crippen molar-refractivity contribution < 1.29 is 9.90 Å². The number of likely N-dealkylation sites (N-methyl/N-ethyl adjacent to an activating group) is 1. The Balaban J connectivity index is 1.93. The number of benzene rings is 1. The van der Waals surface area contributed by atoms with Crippen LogP contribution < -0.4 is 0 Å². The topological polar surface area (TPSA) is 43.8 Å². The molecule has 1 aliphatic rings. The lowest BCUT2D eigenvalue weighted by atomic mass is 9.94. The molecule has 0 unspecified atom stereocenters. The summed E-state index contributed by atoms with van der Waals surface area (Å²) in [7, 11) is 1.87. The van der Waals surface area contributed by atoms with E-state index in [-0.39, 0.29) is 12.5 Å². The molecule has 23 heavy (non-hydrogen) atoms. The van der Waals surface area contributed by atoms with Crippen LogP contribution in [-0.4, -0.2) is 53.6 Å². The Morgan fingerprint density at radius 2 is 1.91 bits per heavy atom. The highest BCUT2D eigenvalue weighted by Crippen LogP contribution is 2.22. The zero-order valence-corrected chi connectivity index (χ0v) is 14.5. The molecule has 1 saturated carbocycles. The molecule has 0 atom stereocenters. The van der Waals surface area contributed by atoms with E-state index < -0.39 is 0 Å². The second kappa shape index (κ2) is 9.04. The predicted molar refractivity (Wildman–Crippen MR) is 93.2 cm³/mol. The van der Waals surface area contributed by atoms with Crippen LogP contribution in [0.15, 0.2) is 24.3 Å². The van der Waals surface area contributed by atoms with Crippen molar-refractivity contribution >= 4 is 5.91 Å². The highest BCUT2D eigenvalue weighted by atomic mass is 16.3. The molecule has 0 heterocycles. The zero-order valence-electron chi connectivity index (χ0n) is 14.5. The molecule has 0 spiro atoms. The number of amides is 1. The minimum Gasteiger partial charge on any atom is -0.395 e. The molecule has 0 aromatic heterocycles. The van der Waals surface area contributed by atoms with Crippen molar-refractivity contribution in [2.45, 2.75) is 51.6 Å². The van der Waals surface area contributed by atoms with Crippen molar-refractivity contribution in [2.75, 3.05) is 26.7 Å². The fourth-order valence-corrected chi connectivity index (χ4v) is 3.39. The summed E-state index contributed by atoms with van der Waals surface area (Å²) >= 11 is 0. The molecule has 0 saturated heterocycles. The molecule has 4 nitrogen and oxygen atoms in total. The molecular formula is C19H30N2O2. The van der Waals surface area contributed by atoms with Crippen LogP contribution in [0.2, 0.25) is 0 Å². The lowest BCUT2D eigenvalue weighted by Crippen LogP contribution is -2.45. The average molecular weight is 318 g/mol.